The second kappa shape index (κ2) is 7.11. The van der Waals surface area contributed by atoms with E-state index in [1.165, 1.54) is 5.69 Å². The lowest BCUT2D eigenvalue weighted by Crippen LogP contribution is -2.32. The number of thioether (sulfide) groups is 1. The summed E-state index contributed by atoms with van der Waals surface area (Å²) < 4.78 is 0. The number of fused-ring (bicyclic) bond motifs is 1. The van der Waals surface area contributed by atoms with Crippen molar-refractivity contribution in [3.63, 3.8) is 0 Å². The van der Waals surface area contributed by atoms with Crippen LogP contribution in [0.3, 0.4) is 0 Å². The van der Waals surface area contributed by atoms with Crippen molar-refractivity contribution in [2.45, 2.75) is 23.7 Å². The quantitative estimate of drug-likeness (QED) is 0.739. The van der Waals surface area contributed by atoms with Crippen LogP contribution in [-0.2, 0) is 17.0 Å². The Hall–Kier alpha value is -2.25. The molecule has 126 valence electrons. The number of carboxylic acid groups (broad SMARTS) is 1. The standard InChI is InChI=1S/C17H20N4O2S/c1-21-15-8-3-2-7-14(15)20-17(21)24-10-12-6-4-5-11(19-12)9-13(18)16(22)23/h2-8,13,17,20H,9-10,18H2,1H3,(H,22,23)/t13-,17?/m0/s1. The van der Waals surface area contributed by atoms with Gasteiger partial charge in [-0.1, -0.05) is 18.2 Å². The number of rotatable bonds is 6. The maximum absolute atomic E-state index is 10.9. The number of carbonyl (C=O) groups is 1. The fraction of sp³-hybridized carbons (Fsp3) is 0.294. The van der Waals surface area contributed by atoms with E-state index in [1.807, 2.05) is 30.3 Å². The minimum absolute atomic E-state index is 0.147. The second-order valence-corrected chi connectivity index (χ2v) is 6.77. The third kappa shape index (κ3) is 3.63. The highest BCUT2D eigenvalue weighted by molar-refractivity contribution is 7.99. The van der Waals surface area contributed by atoms with Gasteiger partial charge in [0, 0.05) is 24.9 Å². The van der Waals surface area contributed by atoms with Gasteiger partial charge in [0.2, 0.25) is 0 Å². The van der Waals surface area contributed by atoms with E-state index in [-0.39, 0.29) is 11.9 Å². The molecular weight excluding hydrogens is 324 g/mol. The smallest absolute Gasteiger partial charge is 0.320 e. The average Bonchev–Trinajstić information content (AvgIpc) is 2.90. The highest BCUT2D eigenvalue weighted by Gasteiger charge is 2.25. The summed E-state index contributed by atoms with van der Waals surface area (Å²) in [6.07, 6.45) is 0.237. The van der Waals surface area contributed by atoms with Crippen molar-refractivity contribution in [3.05, 3.63) is 53.9 Å². The maximum Gasteiger partial charge on any atom is 0.320 e. The van der Waals surface area contributed by atoms with Crippen LogP contribution in [0.5, 0.6) is 0 Å². The molecule has 6 nitrogen and oxygen atoms in total. The molecule has 0 bridgehead atoms. The zero-order valence-corrected chi connectivity index (χ0v) is 14.2. The van der Waals surface area contributed by atoms with Crippen molar-refractivity contribution in [1.82, 2.24) is 4.98 Å². The fourth-order valence-corrected chi connectivity index (χ4v) is 3.65. The van der Waals surface area contributed by atoms with Crippen LogP contribution in [0.2, 0.25) is 0 Å². The third-order valence-corrected chi connectivity index (χ3v) is 5.13. The number of hydrogen-bond acceptors (Lipinski definition) is 6. The summed E-state index contributed by atoms with van der Waals surface area (Å²) in [5, 5.41) is 12.4. The van der Waals surface area contributed by atoms with Gasteiger partial charge in [-0.05, 0) is 24.3 Å². The number of aliphatic carboxylic acids is 1. The van der Waals surface area contributed by atoms with Crippen LogP contribution >= 0.6 is 11.8 Å². The molecule has 2 heterocycles. The first kappa shape index (κ1) is 16.6. The van der Waals surface area contributed by atoms with Crippen molar-refractivity contribution >= 4 is 29.1 Å². The Morgan fingerprint density at radius 2 is 2.08 bits per heavy atom. The van der Waals surface area contributed by atoms with Gasteiger partial charge in [0.15, 0.2) is 0 Å². The summed E-state index contributed by atoms with van der Waals surface area (Å²) in [6.45, 7) is 0. The summed E-state index contributed by atoms with van der Waals surface area (Å²) in [4.78, 5) is 17.6. The number of carboxylic acids is 1. The molecule has 0 saturated heterocycles. The van der Waals surface area contributed by atoms with Crippen molar-refractivity contribution in [3.8, 4) is 0 Å². The van der Waals surface area contributed by atoms with Crippen LogP contribution < -0.4 is 16.0 Å². The lowest BCUT2D eigenvalue weighted by Gasteiger charge is -2.21. The van der Waals surface area contributed by atoms with Crippen molar-refractivity contribution in [2.24, 2.45) is 5.73 Å². The van der Waals surface area contributed by atoms with Gasteiger partial charge in [-0.3, -0.25) is 9.78 Å². The van der Waals surface area contributed by atoms with Gasteiger partial charge in [0.25, 0.3) is 0 Å². The van der Waals surface area contributed by atoms with Crippen LogP contribution in [0, 0.1) is 0 Å². The number of anilines is 2. The summed E-state index contributed by atoms with van der Waals surface area (Å²) in [7, 11) is 2.06. The number of para-hydroxylation sites is 2. The first-order chi connectivity index (χ1) is 11.5. The minimum atomic E-state index is -1.01. The minimum Gasteiger partial charge on any atom is -0.480 e. The molecule has 2 aromatic rings. The monoisotopic (exact) mass is 344 g/mol. The molecule has 1 aromatic carbocycles. The summed E-state index contributed by atoms with van der Waals surface area (Å²) in [5.41, 5.74) is 9.67. The van der Waals surface area contributed by atoms with Crippen LogP contribution in [0.25, 0.3) is 0 Å². The van der Waals surface area contributed by atoms with Crippen molar-refractivity contribution in [2.75, 3.05) is 17.3 Å². The molecule has 0 spiro atoms. The molecule has 0 radical (unpaired) electrons. The Bertz CT molecular complexity index is 740. The normalized spacial score (nSPS) is 17.2. The van der Waals surface area contributed by atoms with Gasteiger partial charge in [0.05, 0.1) is 17.1 Å². The van der Waals surface area contributed by atoms with Crippen LogP contribution in [-0.4, -0.2) is 34.6 Å². The number of aromatic nitrogens is 1. The molecule has 7 heteroatoms. The van der Waals surface area contributed by atoms with E-state index < -0.39 is 12.0 Å². The molecule has 0 amide bonds. The largest absolute Gasteiger partial charge is 0.480 e. The molecule has 3 rings (SSSR count). The Balaban J connectivity index is 1.61. The van der Waals surface area contributed by atoms with E-state index in [0.29, 0.717) is 5.69 Å². The fourth-order valence-electron chi connectivity index (χ4n) is 2.61. The first-order valence-electron chi connectivity index (χ1n) is 7.68. The number of benzene rings is 1. The molecule has 1 unspecified atom stereocenters. The van der Waals surface area contributed by atoms with E-state index in [1.54, 1.807) is 11.8 Å². The van der Waals surface area contributed by atoms with Crippen LogP contribution in [0.1, 0.15) is 11.4 Å². The van der Waals surface area contributed by atoms with Gasteiger partial charge >= 0.3 is 5.97 Å². The molecule has 1 aliphatic heterocycles. The lowest BCUT2D eigenvalue weighted by molar-refractivity contribution is -0.138. The highest BCUT2D eigenvalue weighted by Crippen LogP contribution is 2.37. The Morgan fingerprint density at radius 3 is 2.83 bits per heavy atom. The third-order valence-electron chi connectivity index (χ3n) is 3.91. The van der Waals surface area contributed by atoms with E-state index in [9.17, 15) is 4.79 Å². The molecule has 1 aliphatic rings. The molecule has 1 aromatic heterocycles. The molecule has 0 saturated carbocycles. The predicted molar refractivity (Wildman–Crippen MR) is 97.1 cm³/mol. The average molecular weight is 344 g/mol. The van der Waals surface area contributed by atoms with E-state index in [0.717, 1.165) is 17.1 Å². The number of nitrogens with two attached hydrogens (primary N) is 1. The van der Waals surface area contributed by atoms with E-state index >= 15 is 0 Å². The van der Waals surface area contributed by atoms with Crippen LogP contribution in [0.15, 0.2) is 42.5 Å². The zero-order chi connectivity index (χ0) is 17.1. The van der Waals surface area contributed by atoms with E-state index in [2.05, 4.69) is 34.4 Å². The van der Waals surface area contributed by atoms with Gasteiger partial charge in [-0.25, -0.2) is 0 Å². The molecular formula is C17H20N4O2S. The molecule has 0 aliphatic carbocycles. The van der Waals surface area contributed by atoms with Gasteiger partial charge in [-0.2, -0.15) is 0 Å². The summed E-state index contributed by atoms with van der Waals surface area (Å²) >= 11 is 1.74. The second-order valence-electron chi connectivity index (χ2n) is 5.70. The first-order valence-corrected chi connectivity index (χ1v) is 8.72. The van der Waals surface area contributed by atoms with Gasteiger partial charge in [-0.15, -0.1) is 11.8 Å². The highest BCUT2D eigenvalue weighted by atomic mass is 32.2. The van der Waals surface area contributed by atoms with E-state index in [4.69, 9.17) is 10.8 Å². The summed E-state index contributed by atoms with van der Waals surface area (Å²) in [6, 6.07) is 12.9. The number of nitrogens with zero attached hydrogens (tertiary/aromatic N) is 2. The topological polar surface area (TPSA) is 91.5 Å². The molecule has 4 N–H and O–H groups in total. The Kier molecular flexibility index (Phi) is 4.92. The predicted octanol–water partition coefficient (Wildman–Crippen LogP) is 2.11. The number of pyridine rings is 1. The Morgan fingerprint density at radius 1 is 1.33 bits per heavy atom. The van der Waals surface area contributed by atoms with Gasteiger partial charge < -0.3 is 21.1 Å². The molecule has 2 atom stereocenters. The molecule has 24 heavy (non-hydrogen) atoms. The molecule has 0 fully saturated rings. The van der Waals surface area contributed by atoms with Crippen molar-refractivity contribution in [1.29, 1.82) is 0 Å². The van der Waals surface area contributed by atoms with Gasteiger partial charge in [0.1, 0.15) is 11.5 Å². The number of nitrogens with one attached hydrogen (secondary N) is 1. The SMILES string of the molecule is CN1c2ccccc2NC1SCc1cccc(C[C@H](N)C(=O)O)n1. The van der Waals surface area contributed by atoms with Crippen LogP contribution in [0.4, 0.5) is 11.4 Å². The maximum atomic E-state index is 10.9. The van der Waals surface area contributed by atoms with Crippen molar-refractivity contribution < 1.29 is 9.90 Å². The Labute approximate surface area is 145 Å². The number of hydrogen-bond donors (Lipinski definition) is 3. The summed E-state index contributed by atoms with van der Waals surface area (Å²) in [5.74, 6) is -0.280. The zero-order valence-electron chi connectivity index (χ0n) is 13.3. The lowest BCUT2D eigenvalue weighted by atomic mass is 10.1.